The molecule has 3 atom stereocenters. The Kier molecular flexibility index (Phi) is 20.8. The van der Waals surface area contributed by atoms with Crippen LogP contribution in [0.15, 0.2) is 42.7 Å². The number of aromatic nitrogens is 2. The second kappa shape index (κ2) is 26.2. The van der Waals surface area contributed by atoms with Crippen molar-refractivity contribution in [2.75, 3.05) is 68.6 Å². The smallest absolute Gasteiger partial charge is 0.408 e. The number of nitrogens with zero attached hydrogens (tertiary/aromatic N) is 4. The Labute approximate surface area is 414 Å². The van der Waals surface area contributed by atoms with Crippen LogP contribution >= 0.6 is 15.5 Å². The fraction of sp³-hybridized carbons (Fsp3) is 0.640. The number of fused-ring (bicyclic) bond motifs is 2. The van der Waals surface area contributed by atoms with Gasteiger partial charge in [0.2, 0.25) is 0 Å². The van der Waals surface area contributed by atoms with Gasteiger partial charge in [-0.25, -0.2) is 19.3 Å². The van der Waals surface area contributed by atoms with Crippen molar-refractivity contribution in [2.45, 2.75) is 142 Å². The first-order chi connectivity index (χ1) is 33.4. The topological polar surface area (TPSA) is 183 Å². The first-order valence-corrected chi connectivity index (χ1v) is 27.9. The van der Waals surface area contributed by atoms with E-state index in [0.29, 0.717) is 12.2 Å². The molecule has 0 spiro atoms. The second-order valence-electron chi connectivity index (χ2n) is 19.4. The highest BCUT2D eigenvalue weighted by molar-refractivity contribution is 7.52. The van der Waals surface area contributed by atoms with E-state index in [4.69, 9.17) is 37.0 Å². The molecule has 20 heteroatoms. The summed E-state index contributed by atoms with van der Waals surface area (Å²) in [6.07, 6.45) is 13.6. The molecule has 2 aliphatic carbocycles. The van der Waals surface area contributed by atoms with Gasteiger partial charge in [-0.15, -0.1) is 0 Å². The van der Waals surface area contributed by atoms with Crippen molar-refractivity contribution >= 4 is 49.2 Å². The third kappa shape index (κ3) is 16.4. The van der Waals surface area contributed by atoms with Crippen molar-refractivity contribution in [3.8, 4) is 11.5 Å². The predicted molar refractivity (Wildman–Crippen MR) is 271 cm³/mol. The van der Waals surface area contributed by atoms with Crippen LogP contribution in [0.2, 0.25) is 0 Å². The summed E-state index contributed by atoms with van der Waals surface area (Å²) in [5.41, 5.74) is 4.53. The molecule has 0 saturated heterocycles. The van der Waals surface area contributed by atoms with Gasteiger partial charge in [-0.2, -0.15) is 0 Å². The minimum absolute atomic E-state index is 0.101. The number of nitrogens with one attached hydrogen (secondary N) is 2. The SMILES string of the molecule is COc1ccc2c(c1)c(CCN(C)C)cn2COP(=O)(NCC(=O)OC(C)Cc1cc2c(cc1OC)c(CCN(C)C)cn2COP(=O)(NCC(=O)OC1CCCCC1)OC1CCCCC1)OC(C)C. The van der Waals surface area contributed by atoms with Crippen LogP contribution in [0, 0.1) is 0 Å². The van der Waals surface area contributed by atoms with Crippen molar-refractivity contribution in [3.63, 3.8) is 0 Å². The molecule has 0 radical (unpaired) electrons. The highest BCUT2D eigenvalue weighted by Crippen LogP contribution is 2.48. The minimum Gasteiger partial charge on any atom is -0.497 e. The van der Waals surface area contributed by atoms with Crippen LogP contribution in [0.25, 0.3) is 21.8 Å². The summed E-state index contributed by atoms with van der Waals surface area (Å²) >= 11 is 0. The molecular formula is C50H78N6O12P2. The van der Waals surface area contributed by atoms with Crippen molar-refractivity contribution in [2.24, 2.45) is 0 Å². The van der Waals surface area contributed by atoms with Gasteiger partial charge in [-0.05, 0) is 147 Å². The lowest BCUT2D eigenvalue weighted by Crippen LogP contribution is -2.30. The first-order valence-electron chi connectivity index (χ1n) is 24.8. The molecular weight excluding hydrogens is 939 g/mol. The molecule has 390 valence electrons. The van der Waals surface area contributed by atoms with Gasteiger partial charge >= 0.3 is 27.4 Å². The fourth-order valence-electron chi connectivity index (χ4n) is 9.06. The number of rotatable bonds is 28. The zero-order valence-corrected chi connectivity index (χ0v) is 44.7. The van der Waals surface area contributed by atoms with Gasteiger partial charge in [0.1, 0.15) is 50.3 Å². The van der Waals surface area contributed by atoms with Crippen molar-refractivity contribution in [1.29, 1.82) is 0 Å². The summed E-state index contributed by atoms with van der Waals surface area (Å²) < 4.78 is 79.6. The number of carbonyl (C=O) groups excluding carboxylic acids is 2. The lowest BCUT2D eigenvalue weighted by molar-refractivity contribution is -0.149. The van der Waals surface area contributed by atoms with Gasteiger partial charge in [-0.1, -0.05) is 25.7 Å². The molecule has 70 heavy (non-hydrogen) atoms. The van der Waals surface area contributed by atoms with Gasteiger partial charge in [0, 0.05) is 42.7 Å². The maximum absolute atomic E-state index is 14.5. The van der Waals surface area contributed by atoms with Gasteiger partial charge in [0.05, 0.1) is 37.5 Å². The van der Waals surface area contributed by atoms with E-state index in [2.05, 4.69) is 20.0 Å². The lowest BCUT2D eigenvalue weighted by atomic mass is 9.98. The van der Waals surface area contributed by atoms with E-state index >= 15 is 0 Å². The zero-order valence-electron chi connectivity index (χ0n) is 42.9. The summed E-state index contributed by atoms with van der Waals surface area (Å²) in [5, 5.41) is 7.49. The standard InChI is InChI=1S/C50H78N6O12P2/c1-36(2)67-69(59,63-34-55-32-38(22-24-53(4)5)44-28-43(61-8)20-21-46(44)55)51-30-49(57)65-37(3)26-40-27-47-45(29-48(40)62-9)39(23-25-54(6)7)33-56(47)35-64-70(60,68-42-18-14-11-15-19-42)52-31-50(58)66-41-16-12-10-13-17-41/h20-21,27-29,32-33,36-37,41-42H,10-19,22-26,30-31,34-35H2,1-9H3,(H,51,59)(H,52,60). The van der Waals surface area contributed by atoms with Gasteiger partial charge in [0.15, 0.2) is 0 Å². The maximum atomic E-state index is 14.5. The molecule has 0 aliphatic heterocycles. The van der Waals surface area contributed by atoms with E-state index in [1.165, 1.54) is 0 Å². The van der Waals surface area contributed by atoms with Crippen molar-refractivity contribution in [1.82, 2.24) is 29.1 Å². The number of carbonyl (C=O) groups is 2. The van der Waals surface area contributed by atoms with Crippen LogP contribution in [0.1, 0.15) is 102 Å². The number of ether oxygens (including phenoxy) is 4. The van der Waals surface area contributed by atoms with E-state index in [1.807, 2.05) is 80.1 Å². The Morgan fingerprint density at radius 3 is 1.83 bits per heavy atom. The van der Waals surface area contributed by atoms with E-state index in [9.17, 15) is 18.7 Å². The minimum atomic E-state index is -4.02. The molecule has 2 aromatic heterocycles. The van der Waals surface area contributed by atoms with E-state index in [0.717, 1.165) is 128 Å². The summed E-state index contributed by atoms with van der Waals surface area (Å²) in [7, 11) is 3.26. The van der Waals surface area contributed by atoms with Gasteiger partial charge < -0.3 is 37.9 Å². The third-order valence-electron chi connectivity index (χ3n) is 12.6. The maximum Gasteiger partial charge on any atom is 0.408 e. The summed E-state index contributed by atoms with van der Waals surface area (Å²) in [5.74, 6) is 0.195. The van der Waals surface area contributed by atoms with Crippen LogP contribution in [0.4, 0.5) is 0 Å². The van der Waals surface area contributed by atoms with Crippen LogP contribution in [-0.4, -0.2) is 124 Å². The predicted octanol–water partition coefficient (Wildman–Crippen LogP) is 8.99. The van der Waals surface area contributed by atoms with Crippen molar-refractivity contribution < 1.29 is 55.8 Å². The van der Waals surface area contributed by atoms with Crippen LogP contribution in [0.5, 0.6) is 11.5 Å². The van der Waals surface area contributed by atoms with Crippen LogP contribution < -0.4 is 19.6 Å². The highest BCUT2D eigenvalue weighted by atomic mass is 31.2. The first kappa shape index (κ1) is 55.5. The molecule has 2 saturated carbocycles. The molecule has 4 aromatic rings. The number of methoxy groups -OCH3 is 2. The Hall–Kier alpha value is -3.80. The Morgan fingerprint density at radius 2 is 1.24 bits per heavy atom. The normalized spacial score (nSPS) is 17.3. The van der Waals surface area contributed by atoms with Crippen molar-refractivity contribution in [3.05, 3.63) is 59.4 Å². The van der Waals surface area contributed by atoms with Crippen LogP contribution in [-0.2, 0) is 79.0 Å². The zero-order chi connectivity index (χ0) is 50.4. The second-order valence-corrected chi connectivity index (χ2v) is 22.9. The van der Waals surface area contributed by atoms with Gasteiger partial charge in [0.25, 0.3) is 0 Å². The number of benzene rings is 2. The summed E-state index contributed by atoms with van der Waals surface area (Å²) in [6, 6.07) is 9.71. The molecule has 2 fully saturated rings. The number of likely N-dealkylation sites (N-methyl/N-ethyl adjacent to an activating group) is 2. The number of hydrogen-bond donors (Lipinski definition) is 2. The molecule has 2 aromatic carbocycles. The van der Waals surface area contributed by atoms with E-state index in [-0.39, 0.29) is 38.6 Å². The Bertz CT molecular complexity index is 2430. The van der Waals surface area contributed by atoms with E-state index in [1.54, 1.807) is 35.0 Å². The summed E-state index contributed by atoms with van der Waals surface area (Å²) in [6.45, 7) is 5.88. The van der Waals surface area contributed by atoms with Gasteiger partial charge in [-0.3, -0.25) is 27.7 Å². The molecule has 2 N–H and O–H groups in total. The molecule has 3 unspecified atom stereocenters. The molecule has 0 bridgehead atoms. The fourth-order valence-corrected chi connectivity index (χ4v) is 11.9. The summed E-state index contributed by atoms with van der Waals surface area (Å²) in [4.78, 5) is 30.6. The highest BCUT2D eigenvalue weighted by Gasteiger charge is 2.33. The largest absolute Gasteiger partial charge is 0.497 e. The monoisotopic (exact) mass is 1020 g/mol. The lowest BCUT2D eigenvalue weighted by Gasteiger charge is -2.28. The Morgan fingerprint density at radius 1 is 0.686 bits per heavy atom. The van der Waals surface area contributed by atoms with Crippen LogP contribution in [0.3, 0.4) is 0 Å². The Balaban J connectivity index is 1.14. The molecule has 0 amide bonds. The average Bonchev–Trinajstić information content (AvgIpc) is 3.86. The molecule has 6 rings (SSSR count). The third-order valence-corrected chi connectivity index (χ3v) is 15.9. The molecule has 2 aliphatic rings. The average molecular weight is 1020 g/mol. The number of hydrogen-bond acceptors (Lipinski definition) is 14. The molecule has 2 heterocycles. The molecule has 18 nitrogen and oxygen atoms in total. The van der Waals surface area contributed by atoms with E-state index < -0.39 is 46.2 Å². The number of esters is 2. The quantitative estimate of drug-likeness (QED) is 0.0406.